The molecule has 138 valence electrons. The van der Waals surface area contributed by atoms with Gasteiger partial charge < -0.3 is 15.1 Å². The topological polar surface area (TPSA) is 30.9 Å². The maximum Gasteiger partial charge on any atom is 0.110 e. The number of nitrogens with zero attached hydrogens (tertiary/aromatic N) is 3. The van der Waals surface area contributed by atoms with E-state index in [0.29, 0.717) is 0 Å². The van der Waals surface area contributed by atoms with Crippen molar-refractivity contribution in [2.75, 3.05) is 38.5 Å². The van der Waals surface area contributed by atoms with Crippen LogP contribution in [0.1, 0.15) is 11.1 Å². The van der Waals surface area contributed by atoms with E-state index in [1.165, 1.54) is 32.0 Å². The summed E-state index contributed by atoms with van der Waals surface area (Å²) in [4.78, 5) is 9.99. The molecule has 0 aliphatic carbocycles. The average molecular weight is 377 g/mol. The van der Waals surface area contributed by atoms with Crippen LogP contribution in [0, 0.1) is 6.92 Å². The lowest BCUT2D eigenvalue weighted by atomic mass is 10.1. The van der Waals surface area contributed by atoms with Gasteiger partial charge in [0.1, 0.15) is 5.84 Å². The van der Waals surface area contributed by atoms with Crippen LogP contribution in [0.5, 0.6) is 0 Å². The number of aliphatic imine (C=N–C) groups is 1. The summed E-state index contributed by atoms with van der Waals surface area (Å²) in [5.74, 6) is 1.19. The predicted molar refractivity (Wildman–Crippen MR) is 116 cm³/mol. The van der Waals surface area contributed by atoms with E-state index in [9.17, 15) is 0 Å². The third kappa shape index (κ3) is 3.11. The zero-order valence-electron chi connectivity index (χ0n) is 15.8. The number of benzene rings is 2. The summed E-state index contributed by atoms with van der Waals surface area (Å²) in [5.41, 5.74) is 4.81. The largest absolute Gasteiger partial charge is 0.357 e. The summed E-state index contributed by atoms with van der Waals surface area (Å²) >= 11 is 1.86. The van der Waals surface area contributed by atoms with E-state index in [4.69, 9.17) is 4.99 Å². The molecule has 1 saturated heterocycles. The molecule has 1 aromatic heterocycles. The molecule has 0 amide bonds. The van der Waals surface area contributed by atoms with E-state index in [1.54, 1.807) is 0 Å². The van der Waals surface area contributed by atoms with Gasteiger partial charge in [0, 0.05) is 42.9 Å². The number of likely N-dealkylation sites (N-methyl/N-ethyl adjacent to an activating group) is 1. The molecule has 0 atom stereocenters. The Morgan fingerprint density at radius 3 is 2.70 bits per heavy atom. The monoisotopic (exact) mass is 376 g/mol. The van der Waals surface area contributed by atoms with Crippen molar-refractivity contribution in [1.82, 2.24) is 9.80 Å². The molecule has 1 fully saturated rings. The van der Waals surface area contributed by atoms with E-state index in [-0.39, 0.29) is 0 Å². The second-order valence-corrected chi connectivity index (χ2v) is 8.60. The number of rotatable bonds is 0. The third-order valence-corrected chi connectivity index (χ3v) is 6.66. The van der Waals surface area contributed by atoms with Gasteiger partial charge in [0.05, 0.1) is 16.4 Å². The van der Waals surface area contributed by atoms with Gasteiger partial charge in [-0.3, -0.25) is 0 Å². The Morgan fingerprint density at radius 2 is 1.85 bits per heavy atom. The van der Waals surface area contributed by atoms with Crippen molar-refractivity contribution < 1.29 is 0 Å². The second-order valence-electron chi connectivity index (χ2n) is 7.55. The van der Waals surface area contributed by atoms with Crippen molar-refractivity contribution in [2.24, 2.45) is 4.99 Å². The minimum absolute atomic E-state index is 0.878. The third-order valence-electron chi connectivity index (χ3n) is 5.55. The van der Waals surface area contributed by atoms with Gasteiger partial charge >= 0.3 is 0 Å². The minimum atomic E-state index is 0.878. The highest BCUT2D eigenvalue weighted by Gasteiger charge is 2.23. The van der Waals surface area contributed by atoms with Crippen LogP contribution < -0.4 is 5.32 Å². The second kappa shape index (κ2) is 6.66. The highest BCUT2D eigenvalue weighted by molar-refractivity contribution is 7.23. The molecular weight excluding hydrogens is 352 g/mol. The first-order valence-corrected chi connectivity index (χ1v) is 10.4. The number of aryl methyl sites for hydroxylation is 1. The van der Waals surface area contributed by atoms with Crippen LogP contribution in [0.4, 0.5) is 16.4 Å². The summed E-state index contributed by atoms with van der Waals surface area (Å²) in [6.45, 7) is 6.43. The highest BCUT2D eigenvalue weighted by Crippen LogP contribution is 2.41. The molecule has 3 heterocycles. The zero-order valence-corrected chi connectivity index (χ0v) is 16.6. The first-order valence-electron chi connectivity index (χ1n) is 9.56. The number of hydrogen-bond donors (Lipinski definition) is 1. The quantitative estimate of drug-likeness (QED) is 0.612. The van der Waals surface area contributed by atoms with E-state index in [1.807, 2.05) is 11.3 Å². The van der Waals surface area contributed by atoms with Crippen molar-refractivity contribution in [3.05, 3.63) is 53.6 Å². The maximum atomic E-state index is 5.12. The highest BCUT2D eigenvalue weighted by atomic mass is 32.1. The summed E-state index contributed by atoms with van der Waals surface area (Å²) in [7, 11) is 2.20. The fraction of sp³-hybridized carbons (Fsp3) is 0.318. The van der Waals surface area contributed by atoms with Crippen LogP contribution in [0.3, 0.4) is 0 Å². The molecule has 27 heavy (non-hydrogen) atoms. The molecule has 0 spiro atoms. The first kappa shape index (κ1) is 16.8. The van der Waals surface area contributed by atoms with E-state index < -0.39 is 0 Å². The molecule has 1 N–H and O–H groups in total. The van der Waals surface area contributed by atoms with Crippen molar-refractivity contribution in [1.29, 1.82) is 0 Å². The first-order chi connectivity index (χ1) is 13.2. The standard InChI is InChI=1S/C22H24N4S/c1-15-7-8-16-17-14-21(26-11-9-25(2)10-12-26)23-18-5-3-4-6-19(18)24-22(17)27-20(16)13-15/h3-8,13,24H,9-12,14H2,1-2H3. The fourth-order valence-electron chi connectivity index (χ4n) is 3.92. The number of piperazine rings is 1. The van der Waals surface area contributed by atoms with Crippen LogP contribution in [0.15, 0.2) is 47.5 Å². The number of anilines is 2. The van der Waals surface area contributed by atoms with Crippen LogP contribution in [0.2, 0.25) is 0 Å². The molecule has 2 aliphatic heterocycles. The molecule has 0 radical (unpaired) electrons. The van der Waals surface area contributed by atoms with Gasteiger partial charge in [-0.1, -0.05) is 24.3 Å². The minimum Gasteiger partial charge on any atom is -0.357 e. The normalized spacial score (nSPS) is 17.6. The van der Waals surface area contributed by atoms with Crippen LogP contribution >= 0.6 is 11.3 Å². The number of nitrogens with one attached hydrogen (secondary N) is 1. The molecule has 5 rings (SSSR count). The number of hydrogen-bond acceptors (Lipinski definition) is 5. The molecule has 0 saturated carbocycles. The molecule has 0 bridgehead atoms. The lowest BCUT2D eigenvalue weighted by molar-refractivity contribution is 0.214. The Morgan fingerprint density at radius 1 is 1.04 bits per heavy atom. The van der Waals surface area contributed by atoms with Crippen LogP contribution in [-0.2, 0) is 6.42 Å². The van der Waals surface area contributed by atoms with Gasteiger partial charge in [0.25, 0.3) is 0 Å². The van der Waals surface area contributed by atoms with Gasteiger partial charge in [-0.2, -0.15) is 0 Å². The Balaban J connectivity index is 1.65. The zero-order chi connectivity index (χ0) is 18.4. The number of thiophene rings is 1. The molecule has 4 nitrogen and oxygen atoms in total. The van der Waals surface area contributed by atoms with E-state index in [2.05, 4.69) is 71.6 Å². The molecular formula is C22H24N4S. The number of amidine groups is 1. The Hall–Kier alpha value is -2.37. The van der Waals surface area contributed by atoms with Crippen molar-refractivity contribution >= 4 is 43.6 Å². The van der Waals surface area contributed by atoms with Crippen LogP contribution in [-0.4, -0.2) is 48.9 Å². The van der Waals surface area contributed by atoms with Gasteiger partial charge in [0.2, 0.25) is 0 Å². The number of fused-ring (bicyclic) bond motifs is 4. The van der Waals surface area contributed by atoms with Gasteiger partial charge in [0.15, 0.2) is 0 Å². The Bertz CT molecular complexity index is 1030. The Kier molecular flexibility index (Phi) is 4.14. The lowest BCUT2D eigenvalue weighted by Crippen LogP contribution is -2.47. The average Bonchev–Trinajstić information content (AvgIpc) is 2.97. The Labute approximate surface area is 164 Å². The van der Waals surface area contributed by atoms with Crippen molar-refractivity contribution in [2.45, 2.75) is 13.3 Å². The summed E-state index contributed by atoms with van der Waals surface area (Å²) in [6, 6.07) is 15.2. The van der Waals surface area contributed by atoms with Crippen LogP contribution in [0.25, 0.3) is 10.1 Å². The predicted octanol–water partition coefficient (Wildman–Crippen LogP) is 4.79. The molecule has 3 aromatic rings. The summed E-state index contributed by atoms with van der Waals surface area (Å²) < 4.78 is 1.35. The number of para-hydroxylation sites is 2. The van der Waals surface area contributed by atoms with Gasteiger partial charge in [-0.15, -0.1) is 11.3 Å². The van der Waals surface area contributed by atoms with Crippen molar-refractivity contribution in [3.8, 4) is 0 Å². The smallest absolute Gasteiger partial charge is 0.110 e. The molecule has 0 unspecified atom stereocenters. The van der Waals surface area contributed by atoms with Gasteiger partial charge in [-0.05, 0) is 43.1 Å². The van der Waals surface area contributed by atoms with Crippen molar-refractivity contribution in [3.63, 3.8) is 0 Å². The summed E-state index contributed by atoms with van der Waals surface area (Å²) in [5, 5.41) is 6.28. The summed E-state index contributed by atoms with van der Waals surface area (Å²) in [6.07, 6.45) is 0.878. The SMILES string of the molecule is Cc1ccc2c3c(sc2c1)Nc1ccccc1N=C(N1CCN(C)CC1)C3. The molecule has 2 aromatic carbocycles. The van der Waals surface area contributed by atoms with E-state index in [0.717, 1.165) is 44.0 Å². The van der Waals surface area contributed by atoms with E-state index >= 15 is 0 Å². The lowest BCUT2D eigenvalue weighted by Gasteiger charge is -2.35. The van der Waals surface area contributed by atoms with Gasteiger partial charge in [-0.25, -0.2) is 4.99 Å². The molecule has 2 aliphatic rings. The fourth-order valence-corrected chi connectivity index (χ4v) is 5.15. The maximum absolute atomic E-state index is 5.12. The molecule has 5 heteroatoms.